The van der Waals surface area contributed by atoms with Crippen LogP contribution in [0.3, 0.4) is 0 Å². The van der Waals surface area contributed by atoms with Gasteiger partial charge in [-0.1, -0.05) is 11.6 Å². The van der Waals surface area contributed by atoms with Crippen molar-refractivity contribution >= 4 is 28.3 Å². The quantitative estimate of drug-likeness (QED) is 0.224. The van der Waals surface area contributed by atoms with Crippen molar-refractivity contribution in [2.45, 2.75) is 6.92 Å². The Morgan fingerprint density at radius 3 is 2.44 bits per heavy atom. The minimum absolute atomic E-state index is 0.253. The molecule has 0 aliphatic rings. The fraction of sp³-hybridized carbons (Fsp3) is 0.0588. The third-order valence-corrected chi connectivity index (χ3v) is 3.66. The summed E-state index contributed by atoms with van der Waals surface area (Å²) in [4.78, 5) is 44.6. The summed E-state index contributed by atoms with van der Waals surface area (Å²) in [5, 5.41) is 22.4. The molecule has 3 aromatic rings. The minimum atomic E-state index is -1.23. The Bertz CT molecular complexity index is 1170. The summed E-state index contributed by atoms with van der Waals surface area (Å²) in [6.45, 7) is 1.80. The highest BCUT2D eigenvalue weighted by atomic mass is 16.6. The van der Waals surface area contributed by atoms with E-state index in [0.29, 0.717) is 5.39 Å². The van der Waals surface area contributed by atoms with Crippen LogP contribution in [0.2, 0.25) is 0 Å². The Morgan fingerprint density at radius 1 is 1.04 bits per heavy atom. The number of nitrogens with zero attached hydrogens (tertiary/aromatic N) is 2. The van der Waals surface area contributed by atoms with Crippen LogP contribution in [0.1, 0.15) is 15.9 Å². The Hall–Kier alpha value is -4.08. The number of fused-ring (bicyclic) bond motifs is 1. The second-order valence-electron chi connectivity index (χ2n) is 5.54. The first-order valence-corrected chi connectivity index (χ1v) is 7.46. The van der Waals surface area contributed by atoms with E-state index in [1.807, 2.05) is 0 Å². The number of hydrogen-bond donors (Lipinski definition) is 0. The number of carbonyl (C=O) groups is 1. The van der Waals surface area contributed by atoms with E-state index in [0.717, 1.165) is 23.8 Å². The normalized spacial score (nSPS) is 10.6. The van der Waals surface area contributed by atoms with E-state index in [1.54, 1.807) is 25.1 Å². The molecule has 1 aromatic heterocycles. The SMILES string of the molecule is Cc1ccc2oc(=O)c(C(=O)Oc3cc([N+](=O)[O-])ccc3[N+](=O)[O-])cc2c1. The average Bonchev–Trinajstić information content (AvgIpc) is 2.61. The molecule has 10 nitrogen and oxygen atoms in total. The Morgan fingerprint density at radius 2 is 1.78 bits per heavy atom. The molecule has 2 aromatic carbocycles. The molecule has 0 N–H and O–H groups in total. The lowest BCUT2D eigenvalue weighted by atomic mass is 10.1. The Balaban J connectivity index is 2.05. The van der Waals surface area contributed by atoms with Crippen molar-refractivity contribution in [1.82, 2.24) is 0 Å². The second-order valence-corrected chi connectivity index (χ2v) is 5.54. The van der Waals surface area contributed by atoms with E-state index in [-0.39, 0.29) is 5.58 Å². The van der Waals surface area contributed by atoms with Gasteiger partial charge in [0.1, 0.15) is 11.1 Å². The molecule has 0 amide bonds. The topological polar surface area (TPSA) is 143 Å². The molecule has 0 saturated heterocycles. The number of esters is 1. The summed E-state index contributed by atoms with van der Waals surface area (Å²) in [6.07, 6.45) is 0. The van der Waals surface area contributed by atoms with Crippen molar-refractivity contribution in [3.63, 3.8) is 0 Å². The summed E-state index contributed by atoms with van der Waals surface area (Å²) in [5.41, 5.74) is -1.55. The van der Waals surface area contributed by atoms with Crippen LogP contribution in [-0.2, 0) is 0 Å². The van der Waals surface area contributed by atoms with Crippen LogP contribution in [0, 0.1) is 27.2 Å². The third-order valence-electron chi connectivity index (χ3n) is 3.66. The van der Waals surface area contributed by atoms with E-state index >= 15 is 0 Å². The fourth-order valence-electron chi connectivity index (χ4n) is 2.39. The van der Waals surface area contributed by atoms with Gasteiger partial charge in [0.05, 0.1) is 15.9 Å². The largest absolute Gasteiger partial charge is 0.422 e. The summed E-state index contributed by atoms with van der Waals surface area (Å²) in [7, 11) is 0. The van der Waals surface area contributed by atoms with Gasteiger partial charge in [0.2, 0.25) is 5.75 Å². The van der Waals surface area contributed by atoms with Crippen LogP contribution in [0.5, 0.6) is 5.75 Å². The van der Waals surface area contributed by atoms with Crippen molar-refractivity contribution in [3.05, 3.63) is 84.2 Å². The van der Waals surface area contributed by atoms with Crippen LogP contribution in [-0.4, -0.2) is 15.8 Å². The molecule has 0 radical (unpaired) electrons. The molecule has 0 fully saturated rings. The van der Waals surface area contributed by atoms with Crippen LogP contribution in [0.4, 0.5) is 11.4 Å². The van der Waals surface area contributed by atoms with E-state index in [9.17, 15) is 29.8 Å². The number of aryl methyl sites for hydroxylation is 1. The molecule has 0 unspecified atom stereocenters. The zero-order valence-corrected chi connectivity index (χ0v) is 13.7. The van der Waals surface area contributed by atoms with Gasteiger partial charge in [-0.25, -0.2) is 9.59 Å². The van der Waals surface area contributed by atoms with Gasteiger partial charge in [0, 0.05) is 17.5 Å². The molecule has 0 bridgehead atoms. The molecule has 136 valence electrons. The molecular formula is C17H10N2O8. The summed E-state index contributed by atoms with van der Waals surface area (Å²) < 4.78 is 9.95. The van der Waals surface area contributed by atoms with Gasteiger partial charge >= 0.3 is 17.3 Å². The standard InChI is InChI=1S/C17H10N2O8/c1-9-2-5-14-10(6-9)7-12(16(20)26-14)17(21)27-15-8-11(18(22)23)3-4-13(15)19(24)25/h2-8H,1H3. The summed E-state index contributed by atoms with van der Waals surface area (Å²) in [5.74, 6) is -1.88. The maximum absolute atomic E-state index is 12.3. The Kier molecular flexibility index (Phi) is 4.38. The molecule has 0 spiro atoms. The van der Waals surface area contributed by atoms with Gasteiger partial charge in [-0.15, -0.1) is 0 Å². The van der Waals surface area contributed by atoms with Crippen molar-refractivity contribution in [3.8, 4) is 5.75 Å². The van der Waals surface area contributed by atoms with Crippen LogP contribution >= 0.6 is 0 Å². The number of rotatable bonds is 4. The number of ether oxygens (including phenoxy) is 1. The second kappa shape index (κ2) is 6.67. The van der Waals surface area contributed by atoms with Crippen LogP contribution in [0.25, 0.3) is 11.0 Å². The molecule has 0 aliphatic heterocycles. The number of non-ortho nitro benzene ring substituents is 1. The van der Waals surface area contributed by atoms with Crippen LogP contribution in [0.15, 0.2) is 51.7 Å². The highest BCUT2D eigenvalue weighted by Gasteiger charge is 2.24. The number of carbonyl (C=O) groups excluding carboxylic acids is 1. The maximum atomic E-state index is 12.3. The average molecular weight is 370 g/mol. The van der Waals surface area contributed by atoms with Gasteiger partial charge in [0.25, 0.3) is 5.69 Å². The molecule has 0 aliphatic carbocycles. The lowest BCUT2D eigenvalue weighted by molar-refractivity contribution is -0.389. The highest BCUT2D eigenvalue weighted by Crippen LogP contribution is 2.31. The van der Waals surface area contributed by atoms with E-state index in [1.165, 1.54) is 6.07 Å². The monoisotopic (exact) mass is 370 g/mol. The van der Waals surface area contributed by atoms with E-state index in [2.05, 4.69) is 0 Å². The fourth-order valence-corrected chi connectivity index (χ4v) is 2.39. The first-order valence-electron chi connectivity index (χ1n) is 7.46. The Labute approximate surface area is 149 Å². The molecule has 1 heterocycles. The van der Waals surface area contributed by atoms with Crippen molar-refractivity contribution in [2.75, 3.05) is 0 Å². The number of benzene rings is 2. The summed E-state index contributed by atoms with van der Waals surface area (Å²) in [6, 6.07) is 8.67. The third kappa shape index (κ3) is 3.49. The van der Waals surface area contributed by atoms with Crippen molar-refractivity contribution < 1.29 is 23.8 Å². The van der Waals surface area contributed by atoms with Crippen molar-refractivity contribution in [1.29, 1.82) is 0 Å². The minimum Gasteiger partial charge on any atom is -0.422 e. The number of hydrogen-bond acceptors (Lipinski definition) is 8. The predicted molar refractivity (Wildman–Crippen MR) is 91.9 cm³/mol. The van der Waals surface area contributed by atoms with E-state index in [4.69, 9.17) is 9.15 Å². The summed E-state index contributed by atoms with van der Waals surface area (Å²) >= 11 is 0. The van der Waals surface area contributed by atoms with Gasteiger partial charge in [-0.2, -0.15) is 0 Å². The van der Waals surface area contributed by atoms with Gasteiger partial charge < -0.3 is 9.15 Å². The first kappa shape index (κ1) is 17.7. The van der Waals surface area contributed by atoms with Gasteiger partial charge in [-0.05, 0) is 25.1 Å². The first-order chi connectivity index (χ1) is 12.8. The van der Waals surface area contributed by atoms with Gasteiger partial charge in [-0.3, -0.25) is 20.2 Å². The molecule has 0 atom stereocenters. The number of nitro groups is 2. The van der Waals surface area contributed by atoms with Crippen molar-refractivity contribution in [2.24, 2.45) is 0 Å². The lowest BCUT2D eigenvalue weighted by Crippen LogP contribution is -2.19. The molecule has 0 saturated carbocycles. The zero-order valence-electron chi connectivity index (χ0n) is 13.7. The molecule has 3 rings (SSSR count). The predicted octanol–water partition coefficient (Wildman–Crippen LogP) is 3.14. The molecule has 27 heavy (non-hydrogen) atoms. The zero-order chi connectivity index (χ0) is 19.7. The molecule has 10 heteroatoms. The van der Waals surface area contributed by atoms with Gasteiger partial charge in [0.15, 0.2) is 0 Å². The number of nitro benzene ring substituents is 2. The lowest BCUT2D eigenvalue weighted by Gasteiger charge is -2.05. The molecular weight excluding hydrogens is 360 g/mol. The van der Waals surface area contributed by atoms with Crippen LogP contribution < -0.4 is 10.4 Å². The maximum Gasteiger partial charge on any atom is 0.351 e. The highest BCUT2D eigenvalue weighted by molar-refractivity contribution is 5.94. The van der Waals surface area contributed by atoms with E-state index < -0.39 is 44.1 Å². The smallest absolute Gasteiger partial charge is 0.351 e.